The molecule has 2 N–H and O–H groups in total. The number of fused-ring (bicyclic) bond motifs is 1. The van der Waals surface area contributed by atoms with Gasteiger partial charge in [0.25, 0.3) is 11.5 Å². The molecule has 2 heterocycles. The molecular weight excluding hydrogens is 426 g/mol. The average molecular weight is 442 g/mol. The number of rotatable bonds is 6. The molecule has 0 bridgehead atoms. The second-order valence-electron chi connectivity index (χ2n) is 6.34. The van der Waals surface area contributed by atoms with Crippen molar-refractivity contribution in [1.29, 1.82) is 0 Å². The number of carbonyl (C=O) groups excluding carboxylic acids is 1. The minimum atomic E-state index is -0.596. The summed E-state index contributed by atoms with van der Waals surface area (Å²) in [6, 6.07) is 14.2. The van der Waals surface area contributed by atoms with E-state index in [9.17, 15) is 9.59 Å². The van der Waals surface area contributed by atoms with Gasteiger partial charge in [-0.3, -0.25) is 14.2 Å². The summed E-state index contributed by atoms with van der Waals surface area (Å²) in [5, 5.41) is 0.651. The number of aromatic nitrogens is 2. The molecule has 0 fully saturated rings. The lowest BCUT2D eigenvalue weighted by Crippen LogP contribution is -2.20. The molecule has 4 rings (SSSR count). The monoisotopic (exact) mass is 441 g/mol. The first kappa shape index (κ1) is 19.9. The number of benzene rings is 2. The van der Waals surface area contributed by atoms with Crippen LogP contribution in [-0.4, -0.2) is 29.2 Å². The third kappa shape index (κ3) is 3.87. The van der Waals surface area contributed by atoms with Crippen LogP contribution in [0.2, 0.25) is 5.02 Å². The fourth-order valence-electron chi connectivity index (χ4n) is 2.93. The van der Waals surface area contributed by atoms with Gasteiger partial charge in [0.05, 0.1) is 18.3 Å². The van der Waals surface area contributed by atoms with E-state index < -0.39 is 5.91 Å². The fourth-order valence-corrected chi connectivity index (χ4v) is 4.10. The van der Waals surface area contributed by atoms with Crippen LogP contribution in [0.1, 0.15) is 0 Å². The quantitative estimate of drug-likeness (QED) is 0.492. The second kappa shape index (κ2) is 8.17. The topological polar surface area (TPSA) is 96.4 Å². The molecule has 0 saturated carbocycles. The number of nitrogens with zero attached hydrogens (tertiary/aromatic N) is 2. The summed E-state index contributed by atoms with van der Waals surface area (Å²) >= 11 is 7.33. The Morgan fingerprint density at radius 1 is 1.17 bits per heavy atom. The number of nitrogens with two attached hydrogens (primary N) is 1. The molecule has 0 unspecified atom stereocenters. The Balaban J connectivity index is 1.74. The maximum atomic E-state index is 13.1. The van der Waals surface area contributed by atoms with E-state index in [2.05, 4.69) is 4.98 Å². The molecule has 0 saturated heterocycles. The number of halogens is 1. The van der Waals surface area contributed by atoms with Crippen LogP contribution in [0.15, 0.2) is 59.7 Å². The summed E-state index contributed by atoms with van der Waals surface area (Å²) in [5.74, 6) is 0.123. The normalized spacial score (nSPS) is 10.9. The molecule has 30 heavy (non-hydrogen) atoms. The molecule has 0 spiro atoms. The van der Waals surface area contributed by atoms with Crippen molar-refractivity contribution in [2.75, 3.05) is 13.7 Å². The summed E-state index contributed by atoms with van der Waals surface area (Å²) in [6.07, 6.45) is 1.47. The fraction of sp³-hybridized carbons (Fsp3) is 0.0952. The van der Waals surface area contributed by atoms with Crippen molar-refractivity contribution in [2.24, 2.45) is 5.73 Å². The molecule has 4 aromatic rings. The molecule has 7 nitrogen and oxygen atoms in total. The summed E-state index contributed by atoms with van der Waals surface area (Å²) in [6.45, 7) is -0.272. The van der Waals surface area contributed by atoms with Crippen molar-refractivity contribution >= 4 is 39.1 Å². The lowest BCUT2D eigenvalue weighted by atomic mass is 10.2. The molecular formula is C21H16ClN3O4S. The highest BCUT2D eigenvalue weighted by Crippen LogP contribution is 2.32. The summed E-state index contributed by atoms with van der Waals surface area (Å²) in [7, 11) is 1.47. The van der Waals surface area contributed by atoms with Gasteiger partial charge in [0, 0.05) is 16.0 Å². The maximum Gasteiger partial charge on any atom is 0.275 e. The number of thiophene rings is 1. The third-order valence-corrected chi connectivity index (χ3v) is 5.78. The number of hydrogen-bond donors (Lipinski definition) is 1. The maximum absolute atomic E-state index is 13.1. The van der Waals surface area contributed by atoms with Crippen LogP contribution in [-0.2, 0) is 4.79 Å². The Bertz CT molecular complexity index is 1300. The molecule has 0 radical (unpaired) electrons. The van der Waals surface area contributed by atoms with Crippen molar-refractivity contribution in [1.82, 2.24) is 9.55 Å². The summed E-state index contributed by atoms with van der Waals surface area (Å²) in [5.41, 5.74) is 7.06. The van der Waals surface area contributed by atoms with Gasteiger partial charge in [0.2, 0.25) is 0 Å². The zero-order valence-electron chi connectivity index (χ0n) is 15.8. The van der Waals surface area contributed by atoms with Crippen LogP contribution in [0.5, 0.6) is 11.5 Å². The Morgan fingerprint density at radius 2 is 1.93 bits per heavy atom. The first-order valence-corrected chi connectivity index (χ1v) is 10.0. The highest BCUT2D eigenvalue weighted by molar-refractivity contribution is 7.22. The molecule has 0 aliphatic heterocycles. The van der Waals surface area contributed by atoms with Crippen molar-refractivity contribution < 1.29 is 14.3 Å². The molecule has 2 aromatic heterocycles. The van der Waals surface area contributed by atoms with Gasteiger partial charge in [0.1, 0.15) is 11.0 Å². The standard InChI is InChI=1S/C21H16ClN3O4S/c1-28-17-8-14(6-7-16(17)29-10-19(23)26)25-11-24-15-9-18(30-20(15)21(25)27)12-2-4-13(22)5-3-12/h2-9,11H,10H2,1H3,(H2,23,26). The van der Waals surface area contributed by atoms with Gasteiger partial charge in [-0.15, -0.1) is 11.3 Å². The highest BCUT2D eigenvalue weighted by atomic mass is 35.5. The van der Waals surface area contributed by atoms with Crippen molar-refractivity contribution in [3.05, 3.63) is 70.2 Å². The van der Waals surface area contributed by atoms with Crippen molar-refractivity contribution in [3.63, 3.8) is 0 Å². The van der Waals surface area contributed by atoms with Gasteiger partial charge in [-0.05, 0) is 35.9 Å². The van der Waals surface area contributed by atoms with Crippen LogP contribution in [0.25, 0.3) is 26.3 Å². The molecule has 0 atom stereocenters. The highest BCUT2D eigenvalue weighted by Gasteiger charge is 2.14. The SMILES string of the molecule is COc1cc(-n2cnc3cc(-c4ccc(Cl)cc4)sc3c2=O)ccc1OCC(N)=O. The Hall–Kier alpha value is -3.36. The van der Waals surface area contributed by atoms with E-state index in [0.717, 1.165) is 10.4 Å². The van der Waals surface area contributed by atoms with Crippen LogP contribution >= 0.6 is 22.9 Å². The zero-order chi connectivity index (χ0) is 21.3. The van der Waals surface area contributed by atoms with E-state index in [4.69, 9.17) is 26.8 Å². The minimum absolute atomic E-state index is 0.196. The predicted octanol–water partition coefficient (Wildman–Crippen LogP) is 3.64. The molecule has 1 amide bonds. The van der Waals surface area contributed by atoms with E-state index in [1.165, 1.54) is 29.3 Å². The van der Waals surface area contributed by atoms with Crippen LogP contribution in [0, 0.1) is 0 Å². The molecule has 9 heteroatoms. The smallest absolute Gasteiger partial charge is 0.275 e. The molecule has 0 aliphatic rings. The largest absolute Gasteiger partial charge is 0.493 e. The van der Waals surface area contributed by atoms with E-state index >= 15 is 0 Å². The predicted molar refractivity (Wildman–Crippen MR) is 117 cm³/mol. The molecule has 0 aliphatic carbocycles. The lowest BCUT2D eigenvalue weighted by Gasteiger charge is -2.12. The first-order valence-electron chi connectivity index (χ1n) is 8.83. The number of hydrogen-bond acceptors (Lipinski definition) is 6. The molecule has 2 aromatic carbocycles. The number of primary amides is 1. The van der Waals surface area contributed by atoms with Gasteiger partial charge >= 0.3 is 0 Å². The third-order valence-electron chi connectivity index (χ3n) is 4.36. The lowest BCUT2D eigenvalue weighted by molar-refractivity contribution is -0.119. The number of amides is 1. The Morgan fingerprint density at radius 3 is 2.63 bits per heavy atom. The van der Waals surface area contributed by atoms with E-state index in [1.54, 1.807) is 30.3 Å². The Kier molecular flexibility index (Phi) is 5.43. The van der Waals surface area contributed by atoms with Gasteiger partial charge in [0.15, 0.2) is 18.1 Å². The van der Waals surface area contributed by atoms with Crippen molar-refractivity contribution in [3.8, 4) is 27.6 Å². The number of carbonyl (C=O) groups is 1. The van der Waals surface area contributed by atoms with Gasteiger partial charge < -0.3 is 15.2 Å². The first-order chi connectivity index (χ1) is 14.5. The molecule has 152 valence electrons. The Labute approximate surface area is 180 Å². The average Bonchev–Trinajstić information content (AvgIpc) is 3.18. The van der Waals surface area contributed by atoms with E-state index in [0.29, 0.717) is 32.4 Å². The second-order valence-corrected chi connectivity index (χ2v) is 7.83. The number of ether oxygens (including phenoxy) is 2. The van der Waals surface area contributed by atoms with Crippen LogP contribution in [0.4, 0.5) is 0 Å². The van der Waals surface area contributed by atoms with Crippen LogP contribution in [0.3, 0.4) is 0 Å². The summed E-state index contributed by atoms with van der Waals surface area (Å²) in [4.78, 5) is 29.4. The van der Waals surface area contributed by atoms with Gasteiger partial charge in [-0.1, -0.05) is 23.7 Å². The minimum Gasteiger partial charge on any atom is -0.493 e. The number of methoxy groups -OCH3 is 1. The zero-order valence-corrected chi connectivity index (χ0v) is 17.4. The summed E-state index contributed by atoms with van der Waals surface area (Å²) < 4.78 is 12.6. The van der Waals surface area contributed by atoms with Crippen molar-refractivity contribution in [2.45, 2.75) is 0 Å². The van der Waals surface area contributed by atoms with E-state index in [1.807, 2.05) is 18.2 Å². The van der Waals surface area contributed by atoms with Gasteiger partial charge in [-0.2, -0.15) is 0 Å². The van der Waals surface area contributed by atoms with Gasteiger partial charge in [-0.25, -0.2) is 4.98 Å². The van der Waals surface area contributed by atoms with E-state index in [-0.39, 0.29) is 12.2 Å². The van der Waals surface area contributed by atoms with Crippen LogP contribution < -0.4 is 20.8 Å².